The predicted molar refractivity (Wildman–Crippen MR) is 106 cm³/mol. The predicted octanol–water partition coefficient (Wildman–Crippen LogP) is 5.27. The number of anilines is 1. The van der Waals surface area contributed by atoms with Gasteiger partial charge in [0.2, 0.25) is 0 Å². The van der Waals surface area contributed by atoms with Gasteiger partial charge >= 0.3 is 0 Å². The van der Waals surface area contributed by atoms with Gasteiger partial charge in [0.15, 0.2) is 0 Å². The molecular formula is C19H12Br2N2O2. The highest BCUT2D eigenvalue weighted by atomic mass is 79.9. The molecule has 2 aromatic carbocycles. The van der Waals surface area contributed by atoms with Gasteiger partial charge in [0.1, 0.15) is 5.75 Å². The monoisotopic (exact) mass is 458 g/mol. The largest absolute Gasteiger partial charge is 0.506 e. The lowest BCUT2D eigenvalue weighted by Gasteiger charge is -2.06. The number of phenols is 1. The number of aryl methyl sites for hydroxylation is 1. The number of benzene rings is 2. The maximum atomic E-state index is 12.5. The summed E-state index contributed by atoms with van der Waals surface area (Å²) in [5.74, 6) is -0.0213. The van der Waals surface area contributed by atoms with E-state index >= 15 is 0 Å². The highest BCUT2D eigenvalue weighted by Crippen LogP contribution is 2.40. The first-order chi connectivity index (χ1) is 11.9. The molecule has 1 aliphatic heterocycles. The van der Waals surface area contributed by atoms with Crippen molar-refractivity contribution in [2.75, 3.05) is 5.32 Å². The lowest BCUT2D eigenvalue weighted by molar-refractivity contribution is -0.110. The first-order valence-corrected chi connectivity index (χ1v) is 9.14. The van der Waals surface area contributed by atoms with Crippen molar-refractivity contribution in [2.45, 2.75) is 6.92 Å². The van der Waals surface area contributed by atoms with Crippen LogP contribution in [0.25, 0.3) is 22.6 Å². The van der Waals surface area contributed by atoms with Crippen LogP contribution in [0.2, 0.25) is 0 Å². The highest BCUT2D eigenvalue weighted by molar-refractivity contribution is 9.11. The molecular weight excluding hydrogens is 448 g/mol. The molecule has 0 bridgehead atoms. The Kier molecular flexibility index (Phi) is 3.89. The number of nitrogens with zero attached hydrogens (tertiary/aromatic N) is 1. The van der Waals surface area contributed by atoms with Crippen molar-refractivity contribution < 1.29 is 9.90 Å². The van der Waals surface area contributed by atoms with Crippen LogP contribution in [0.15, 0.2) is 45.3 Å². The number of pyridine rings is 1. The molecule has 0 fully saturated rings. The zero-order valence-corrected chi connectivity index (χ0v) is 16.3. The Morgan fingerprint density at radius 2 is 1.84 bits per heavy atom. The topological polar surface area (TPSA) is 62.2 Å². The van der Waals surface area contributed by atoms with Crippen LogP contribution in [-0.4, -0.2) is 16.0 Å². The van der Waals surface area contributed by atoms with E-state index < -0.39 is 0 Å². The van der Waals surface area contributed by atoms with Gasteiger partial charge in [-0.2, -0.15) is 0 Å². The Morgan fingerprint density at radius 3 is 2.56 bits per heavy atom. The van der Waals surface area contributed by atoms with Crippen molar-refractivity contribution in [1.82, 2.24) is 4.98 Å². The van der Waals surface area contributed by atoms with Gasteiger partial charge < -0.3 is 10.4 Å². The molecule has 0 aliphatic carbocycles. The van der Waals surface area contributed by atoms with Gasteiger partial charge in [0.05, 0.1) is 20.0 Å². The summed E-state index contributed by atoms with van der Waals surface area (Å²) in [6.45, 7) is 1.94. The summed E-state index contributed by atoms with van der Waals surface area (Å²) in [5.41, 5.74) is 4.81. The molecule has 0 spiro atoms. The Labute approximate surface area is 160 Å². The molecule has 0 atom stereocenters. The summed E-state index contributed by atoms with van der Waals surface area (Å²) >= 11 is 6.64. The zero-order valence-electron chi connectivity index (χ0n) is 13.1. The van der Waals surface area contributed by atoms with Gasteiger partial charge in [-0.15, -0.1) is 0 Å². The highest BCUT2D eigenvalue weighted by Gasteiger charge is 2.26. The van der Waals surface area contributed by atoms with Crippen molar-refractivity contribution in [3.63, 3.8) is 0 Å². The molecule has 2 N–H and O–H groups in total. The van der Waals surface area contributed by atoms with Gasteiger partial charge in [-0.25, -0.2) is 0 Å². The number of nitrogens with one attached hydrogen (secondary N) is 1. The molecule has 0 radical (unpaired) electrons. The molecule has 4 rings (SSSR count). The van der Waals surface area contributed by atoms with Crippen LogP contribution in [0.3, 0.4) is 0 Å². The zero-order chi connectivity index (χ0) is 17.7. The van der Waals surface area contributed by atoms with E-state index in [1.54, 1.807) is 12.1 Å². The van der Waals surface area contributed by atoms with Gasteiger partial charge in [-0.3, -0.25) is 9.78 Å². The van der Waals surface area contributed by atoms with E-state index in [0.29, 0.717) is 14.5 Å². The second-order valence-electron chi connectivity index (χ2n) is 5.85. The minimum atomic E-state index is -0.150. The van der Waals surface area contributed by atoms with Crippen molar-refractivity contribution >= 4 is 66.0 Å². The molecule has 2 heterocycles. The first-order valence-electron chi connectivity index (χ1n) is 7.56. The van der Waals surface area contributed by atoms with Crippen molar-refractivity contribution in [3.8, 4) is 5.75 Å². The molecule has 1 amide bonds. The standard InChI is InChI=1S/C19H12Br2N2O2/c1-9-2-3-11-15(22-9)4-5-16-17(11)12(19(25)23-16)6-10-7-13(20)18(24)14(21)8-10/h2-8,24H,1H3,(H,23,25). The van der Waals surface area contributed by atoms with Crippen LogP contribution in [0.4, 0.5) is 5.69 Å². The minimum absolute atomic E-state index is 0.128. The average molecular weight is 460 g/mol. The number of aromatic nitrogens is 1. The third-order valence-electron chi connectivity index (χ3n) is 4.12. The number of halogens is 2. The van der Waals surface area contributed by atoms with Crippen molar-refractivity contribution in [1.29, 1.82) is 0 Å². The van der Waals surface area contributed by atoms with E-state index in [4.69, 9.17) is 0 Å². The molecule has 4 nitrogen and oxygen atoms in total. The molecule has 1 aromatic heterocycles. The summed E-state index contributed by atoms with van der Waals surface area (Å²) in [6.07, 6.45) is 1.81. The summed E-state index contributed by atoms with van der Waals surface area (Å²) in [7, 11) is 0. The number of hydrogen-bond donors (Lipinski definition) is 2. The SMILES string of the molecule is Cc1ccc2c3c(ccc2n1)NC(=O)C3=Cc1cc(Br)c(O)c(Br)c1. The van der Waals surface area contributed by atoms with Crippen molar-refractivity contribution in [2.24, 2.45) is 0 Å². The van der Waals surface area contributed by atoms with Gasteiger partial charge in [-0.05, 0) is 80.8 Å². The van der Waals surface area contributed by atoms with Crippen molar-refractivity contribution in [3.05, 3.63) is 62.2 Å². The molecule has 6 heteroatoms. The summed E-state index contributed by atoms with van der Waals surface area (Å²) in [4.78, 5) is 17.1. The number of fused-ring (bicyclic) bond motifs is 3. The van der Waals surface area contributed by atoms with E-state index in [0.717, 1.165) is 33.4 Å². The van der Waals surface area contributed by atoms with Crippen LogP contribution in [0.1, 0.15) is 16.8 Å². The first kappa shape index (κ1) is 16.3. The van der Waals surface area contributed by atoms with Crippen LogP contribution >= 0.6 is 31.9 Å². The van der Waals surface area contributed by atoms with Crippen LogP contribution in [-0.2, 0) is 4.79 Å². The molecule has 124 valence electrons. The average Bonchev–Trinajstić information content (AvgIpc) is 2.88. The second-order valence-corrected chi connectivity index (χ2v) is 7.56. The normalized spacial score (nSPS) is 14.8. The summed E-state index contributed by atoms with van der Waals surface area (Å²) < 4.78 is 1.12. The third-order valence-corrected chi connectivity index (χ3v) is 5.33. The molecule has 3 aromatic rings. The van der Waals surface area contributed by atoms with Crippen LogP contribution < -0.4 is 5.32 Å². The Balaban J connectivity index is 1.95. The van der Waals surface area contributed by atoms with E-state index in [9.17, 15) is 9.90 Å². The molecule has 0 unspecified atom stereocenters. The van der Waals surface area contributed by atoms with Crippen LogP contribution in [0, 0.1) is 6.92 Å². The molecule has 0 saturated heterocycles. The fourth-order valence-corrected chi connectivity index (χ4v) is 4.20. The third kappa shape index (κ3) is 2.75. The number of rotatable bonds is 1. The Morgan fingerprint density at radius 1 is 1.12 bits per heavy atom. The number of aromatic hydroxyl groups is 1. The number of phenolic OH excluding ortho intramolecular Hbond substituents is 1. The number of amides is 1. The maximum absolute atomic E-state index is 12.5. The van der Waals surface area contributed by atoms with Gasteiger partial charge in [-0.1, -0.05) is 6.07 Å². The Hall–Kier alpha value is -2.18. The summed E-state index contributed by atoms with van der Waals surface area (Å²) in [5, 5.41) is 13.7. The molecule has 0 saturated carbocycles. The van der Waals surface area contributed by atoms with Gasteiger partial charge in [0.25, 0.3) is 5.91 Å². The van der Waals surface area contributed by atoms with E-state index in [2.05, 4.69) is 42.2 Å². The second kappa shape index (κ2) is 5.97. The lowest BCUT2D eigenvalue weighted by atomic mass is 9.99. The van der Waals surface area contributed by atoms with E-state index in [1.807, 2.05) is 37.3 Å². The fourth-order valence-electron chi connectivity index (χ4n) is 2.98. The maximum Gasteiger partial charge on any atom is 0.256 e. The number of hydrogen-bond acceptors (Lipinski definition) is 3. The Bertz CT molecular complexity index is 1070. The lowest BCUT2D eigenvalue weighted by Crippen LogP contribution is -2.03. The minimum Gasteiger partial charge on any atom is -0.506 e. The quantitative estimate of drug-likeness (QED) is 0.487. The molecule has 1 aliphatic rings. The summed E-state index contributed by atoms with van der Waals surface area (Å²) in [6, 6.07) is 11.3. The van der Waals surface area contributed by atoms with Gasteiger partial charge in [0, 0.05) is 22.3 Å². The fraction of sp³-hybridized carbons (Fsp3) is 0.0526. The number of carbonyl (C=O) groups is 1. The molecule has 25 heavy (non-hydrogen) atoms. The van der Waals surface area contributed by atoms with Crippen LogP contribution in [0.5, 0.6) is 5.75 Å². The van der Waals surface area contributed by atoms with E-state index in [-0.39, 0.29) is 11.7 Å². The number of carbonyl (C=O) groups excluding carboxylic acids is 1. The smallest absolute Gasteiger partial charge is 0.256 e. The van der Waals surface area contributed by atoms with E-state index in [1.165, 1.54) is 0 Å².